The highest BCUT2D eigenvalue weighted by molar-refractivity contribution is 5.79. The third-order valence-electron chi connectivity index (χ3n) is 3.97. The molecule has 1 heterocycles. The molecule has 2 aliphatic rings. The van der Waals surface area contributed by atoms with Gasteiger partial charge in [-0.15, -0.1) is 0 Å². The summed E-state index contributed by atoms with van der Waals surface area (Å²) in [5.41, 5.74) is 5.93. The lowest BCUT2D eigenvalue weighted by molar-refractivity contribution is -0.135. The van der Waals surface area contributed by atoms with Crippen LogP contribution in [0, 0.1) is 5.92 Å². The predicted molar refractivity (Wildman–Crippen MR) is 68.7 cm³/mol. The SMILES string of the molecule is CC(=O)NC1CCN(C(=O)C2CCCC(N)C2)C1. The summed E-state index contributed by atoms with van der Waals surface area (Å²) in [5.74, 6) is 0.316. The van der Waals surface area contributed by atoms with Gasteiger partial charge in [0.2, 0.25) is 11.8 Å². The van der Waals surface area contributed by atoms with E-state index < -0.39 is 0 Å². The van der Waals surface area contributed by atoms with Crippen molar-refractivity contribution in [2.24, 2.45) is 11.7 Å². The lowest BCUT2D eigenvalue weighted by atomic mass is 9.85. The molecule has 3 atom stereocenters. The van der Waals surface area contributed by atoms with E-state index in [9.17, 15) is 9.59 Å². The number of rotatable bonds is 2. The van der Waals surface area contributed by atoms with E-state index >= 15 is 0 Å². The minimum atomic E-state index is -0.0195. The van der Waals surface area contributed by atoms with Crippen LogP contribution in [0.15, 0.2) is 0 Å². The molecule has 0 spiro atoms. The molecule has 0 aromatic carbocycles. The Kier molecular flexibility index (Phi) is 4.22. The Bertz CT molecular complexity index is 332. The molecule has 2 amide bonds. The highest BCUT2D eigenvalue weighted by Crippen LogP contribution is 2.26. The molecule has 1 aliphatic carbocycles. The molecule has 18 heavy (non-hydrogen) atoms. The molecule has 0 bridgehead atoms. The number of nitrogens with one attached hydrogen (secondary N) is 1. The van der Waals surface area contributed by atoms with Crippen LogP contribution in [-0.4, -0.2) is 41.9 Å². The second kappa shape index (κ2) is 5.69. The van der Waals surface area contributed by atoms with Gasteiger partial charge in [-0.2, -0.15) is 0 Å². The molecule has 0 aromatic heterocycles. The first-order chi connectivity index (χ1) is 8.56. The summed E-state index contributed by atoms with van der Waals surface area (Å²) in [6.07, 6.45) is 4.75. The Morgan fingerprint density at radius 1 is 1.28 bits per heavy atom. The molecule has 1 saturated carbocycles. The summed E-state index contributed by atoms with van der Waals surface area (Å²) >= 11 is 0. The van der Waals surface area contributed by atoms with Crippen molar-refractivity contribution in [3.8, 4) is 0 Å². The molecule has 0 radical (unpaired) electrons. The van der Waals surface area contributed by atoms with Crippen molar-refractivity contribution in [3.05, 3.63) is 0 Å². The zero-order chi connectivity index (χ0) is 13.1. The molecule has 0 aromatic rings. The van der Waals surface area contributed by atoms with Gasteiger partial charge >= 0.3 is 0 Å². The van der Waals surface area contributed by atoms with Crippen molar-refractivity contribution in [1.82, 2.24) is 10.2 Å². The van der Waals surface area contributed by atoms with Crippen LogP contribution >= 0.6 is 0 Å². The van der Waals surface area contributed by atoms with Crippen molar-refractivity contribution >= 4 is 11.8 Å². The van der Waals surface area contributed by atoms with Gasteiger partial charge in [0.05, 0.1) is 0 Å². The second-order valence-corrected chi connectivity index (χ2v) is 5.59. The van der Waals surface area contributed by atoms with E-state index in [0.717, 1.165) is 38.6 Å². The second-order valence-electron chi connectivity index (χ2n) is 5.59. The van der Waals surface area contributed by atoms with Gasteiger partial charge in [0.15, 0.2) is 0 Å². The van der Waals surface area contributed by atoms with Crippen LogP contribution in [0.2, 0.25) is 0 Å². The van der Waals surface area contributed by atoms with E-state index in [1.807, 2.05) is 4.90 Å². The maximum absolute atomic E-state index is 12.3. The largest absolute Gasteiger partial charge is 0.352 e. The van der Waals surface area contributed by atoms with E-state index in [1.54, 1.807) is 0 Å². The van der Waals surface area contributed by atoms with E-state index in [1.165, 1.54) is 6.92 Å². The Hall–Kier alpha value is -1.10. The van der Waals surface area contributed by atoms with E-state index in [4.69, 9.17) is 5.73 Å². The molecular weight excluding hydrogens is 230 g/mol. The highest BCUT2D eigenvalue weighted by Gasteiger charge is 2.33. The van der Waals surface area contributed by atoms with Crippen molar-refractivity contribution in [3.63, 3.8) is 0 Å². The van der Waals surface area contributed by atoms with Gasteiger partial charge in [-0.25, -0.2) is 0 Å². The van der Waals surface area contributed by atoms with Gasteiger partial charge in [0.1, 0.15) is 0 Å². The molecule has 102 valence electrons. The average Bonchev–Trinajstić information content (AvgIpc) is 2.75. The van der Waals surface area contributed by atoms with Gasteiger partial charge < -0.3 is 16.0 Å². The van der Waals surface area contributed by atoms with Crippen molar-refractivity contribution in [2.75, 3.05) is 13.1 Å². The summed E-state index contributed by atoms with van der Waals surface area (Å²) < 4.78 is 0. The molecule has 1 aliphatic heterocycles. The average molecular weight is 253 g/mol. The Morgan fingerprint density at radius 2 is 2.06 bits per heavy atom. The lowest BCUT2D eigenvalue weighted by Crippen LogP contribution is -2.42. The van der Waals surface area contributed by atoms with Crippen LogP contribution in [0.3, 0.4) is 0 Å². The summed E-state index contributed by atoms with van der Waals surface area (Å²) in [4.78, 5) is 25.2. The highest BCUT2D eigenvalue weighted by atomic mass is 16.2. The van der Waals surface area contributed by atoms with E-state index in [2.05, 4.69) is 5.32 Å². The molecule has 3 N–H and O–H groups in total. The van der Waals surface area contributed by atoms with Gasteiger partial charge in [0.25, 0.3) is 0 Å². The van der Waals surface area contributed by atoms with Crippen molar-refractivity contribution < 1.29 is 9.59 Å². The van der Waals surface area contributed by atoms with Crippen LogP contribution in [0.25, 0.3) is 0 Å². The predicted octanol–water partition coefficient (Wildman–Crippen LogP) is 0.241. The smallest absolute Gasteiger partial charge is 0.225 e. The lowest BCUT2D eigenvalue weighted by Gasteiger charge is -2.29. The minimum absolute atomic E-state index is 0.0195. The number of likely N-dealkylation sites (tertiary alicyclic amines) is 1. The fourth-order valence-corrected chi connectivity index (χ4v) is 3.08. The van der Waals surface area contributed by atoms with Crippen LogP contribution in [-0.2, 0) is 9.59 Å². The zero-order valence-electron chi connectivity index (χ0n) is 11.0. The monoisotopic (exact) mass is 253 g/mol. The topological polar surface area (TPSA) is 75.4 Å². The van der Waals surface area contributed by atoms with Crippen LogP contribution < -0.4 is 11.1 Å². The summed E-state index contributed by atoms with van der Waals surface area (Å²) in [6.45, 7) is 2.93. The quantitative estimate of drug-likeness (QED) is 0.740. The number of carbonyl (C=O) groups excluding carboxylic acids is 2. The molecule has 1 saturated heterocycles. The van der Waals surface area contributed by atoms with Crippen molar-refractivity contribution in [2.45, 2.75) is 51.1 Å². The Balaban J connectivity index is 1.85. The van der Waals surface area contributed by atoms with Crippen LogP contribution in [0.1, 0.15) is 39.0 Å². The summed E-state index contributed by atoms with van der Waals surface area (Å²) in [6, 6.07) is 0.310. The summed E-state index contributed by atoms with van der Waals surface area (Å²) in [7, 11) is 0. The third kappa shape index (κ3) is 3.22. The molecule has 2 rings (SSSR count). The molecular formula is C13H23N3O2. The van der Waals surface area contributed by atoms with Gasteiger partial charge in [-0.05, 0) is 25.7 Å². The van der Waals surface area contributed by atoms with Gasteiger partial charge in [-0.3, -0.25) is 9.59 Å². The van der Waals surface area contributed by atoms with Crippen LogP contribution in [0.5, 0.6) is 0 Å². The summed E-state index contributed by atoms with van der Waals surface area (Å²) in [5, 5.41) is 2.88. The molecule has 2 fully saturated rings. The first-order valence-corrected chi connectivity index (χ1v) is 6.87. The first-order valence-electron chi connectivity index (χ1n) is 6.87. The number of amides is 2. The molecule has 5 heteroatoms. The number of nitrogens with zero attached hydrogens (tertiary/aromatic N) is 1. The third-order valence-corrected chi connectivity index (χ3v) is 3.97. The van der Waals surface area contributed by atoms with Gasteiger partial charge in [-0.1, -0.05) is 6.42 Å². The normalized spacial score (nSPS) is 32.3. The Morgan fingerprint density at radius 3 is 2.72 bits per heavy atom. The standard InChI is InChI=1S/C13H23N3O2/c1-9(17)15-12-5-6-16(8-12)13(18)10-3-2-4-11(14)7-10/h10-12H,2-8,14H2,1H3,(H,15,17). The number of hydrogen-bond donors (Lipinski definition) is 2. The van der Waals surface area contributed by atoms with Crippen LogP contribution in [0.4, 0.5) is 0 Å². The first kappa shape index (κ1) is 13.3. The maximum atomic E-state index is 12.3. The van der Waals surface area contributed by atoms with Gasteiger partial charge in [0, 0.05) is 38.0 Å². The number of nitrogens with two attached hydrogens (primary N) is 1. The molecule has 5 nitrogen and oxygen atoms in total. The Labute approximate surface area is 108 Å². The molecule has 3 unspecified atom stereocenters. The maximum Gasteiger partial charge on any atom is 0.225 e. The fraction of sp³-hybridized carbons (Fsp3) is 0.846. The van der Waals surface area contributed by atoms with Crippen molar-refractivity contribution in [1.29, 1.82) is 0 Å². The van der Waals surface area contributed by atoms with E-state index in [-0.39, 0.29) is 29.8 Å². The zero-order valence-corrected chi connectivity index (χ0v) is 11.0. The van der Waals surface area contributed by atoms with E-state index in [0.29, 0.717) is 6.54 Å². The number of carbonyl (C=O) groups is 2. The number of hydrogen-bond acceptors (Lipinski definition) is 3. The fourth-order valence-electron chi connectivity index (χ4n) is 3.08. The minimum Gasteiger partial charge on any atom is -0.352 e.